The number of amides is 1. The van der Waals surface area contributed by atoms with E-state index in [1.807, 2.05) is 13.0 Å². The third-order valence-electron chi connectivity index (χ3n) is 4.03. The normalized spacial score (nSPS) is 18.9. The highest BCUT2D eigenvalue weighted by atomic mass is 16.1. The Labute approximate surface area is 121 Å². The first-order chi connectivity index (χ1) is 9.69. The van der Waals surface area contributed by atoms with Crippen molar-refractivity contribution in [2.24, 2.45) is 5.73 Å². The van der Waals surface area contributed by atoms with Crippen LogP contribution in [0, 0.1) is 0 Å². The summed E-state index contributed by atoms with van der Waals surface area (Å²) in [4.78, 5) is 13.7. The predicted molar refractivity (Wildman–Crippen MR) is 81.2 cm³/mol. The number of hydrogen-bond donors (Lipinski definition) is 2. The number of primary amides is 1. The number of carbonyl (C=O) groups is 1. The minimum Gasteiger partial charge on any atom is -0.368 e. The number of hydrogen-bond acceptors (Lipinski definition) is 3. The Kier molecular flexibility index (Phi) is 5.56. The molecule has 1 amide bonds. The van der Waals surface area contributed by atoms with Gasteiger partial charge >= 0.3 is 0 Å². The van der Waals surface area contributed by atoms with Gasteiger partial charge in [0.05, 0.1) is 6.04 Å². The smallest absolute Gasteiger partial charge is 0.234 e. The molecule has 1 atom stereocenters. The van der Waals surface area contributed by atoms with Crippen molar-refractivity contribution in [2.75, 3.05) is 13.1 Å². The number of carbonyl (C=O) groups excluding carboxylic acids is 1. The molecule has 1 aromatic rings. The summed E-state index contributed by atoms with van der Waals surface area (Å²) >= 11 is 0. The Bertz CT molecular complexity index is 413. The van der Waals surface area contributed by atoms with Gasteiger partial charge in [-0.2, -0.15) is 0 Å². The van der Waals surface area contributed by atoms with E-state index in [-0.39, 0.29) is 11.9 Å². The molecule has 0 spiro atoms. The van der Waals surface area contributed by atoms with Crippen LogP contribution in [0.4, 0.5) is 0 Å². The maximum atomic E-state index is 11.3. The van der Waals surface area contributed by atoms with Gasteiger partial charge in [0.2, 0.25) is 5.91 Å². The Morgan fingerprint density at radius 1 is 1.35 bits per heavy atom. The lowest BCUT2D eigenvalue weighted by atomic mass is 10.0. The molecule has 0 aliphatic carbocycles. The van der Waals surface area contributed by atoms with Crippen molar-refractivity contribution in [3.8, 4) is 0 Å². The van der Waals surface area contributed by atoms with Gasteiger partial charge in [0.25, 0.3) is 0 Å². The van der Waals surface area contributed by atoms with Gasteiger partial charge in [-0.3, -0.25) is 9.69 Å². The summed E-state index contributed by atoms with van der Waals surface area (Å²) in [5.74, 6) is -0.237. The molecule has 0 saturated carbocycles. The largest absolute Gasteiger partial charge is 0.368 e. The molecule has 1 aliphatic rings. The van der Waals surface area contributed by atoms with Gasteiger partial charge in [-0.05, 0) is 37.9 Å². The second-order valence-corrected chi connectivity index (χ2v) is 5.57. The molecule has 0 bridgehead atoms. The summed E-state index contributed by atoms with van der Waals surface area (Å²) in [5, 5.41) is 3.39. The van der Waals surface area contributed by atoms with Crippen LogP contribution in [0.2, 0.25) is 0 Å². The molecule has 1 unspecified atom stereocenters. The topological polar surface area (TPSA) is 58.4 Å². The van der Waals surface area contributed by atoms with Gasteiger partial charge in [-0.15, -0.1) is 0 Å². The summed E-state index contributed by atoms with van der Waals surface area (Å²) in [6, 6.07) is 10.8. The first-order valence-corrected chi connectivity index (χ1v) is 7.50. The Morgan fingerprint density at radius 3 is 2.55 bits per heavy atom. The van der Waals surface area contributed by atoms with Gasteiger partial charge in [0, 0.05) is 12.6 Å². The number of piperidine rings is 1. The Morgan fingerprint density at radius 2 is 2.00 bits per heavy atom. The van der Waals surface area contributed by atoms with Crippen molar-refractivity contribution in [1.29, 1.82) is 0 Å². The molecule has 4 nitrogen and oxygen atoms in total. The zero-order chi connectivity index (χ0) is 14.4. The molecule has 1 aliphatic heterocycles. The molecule has 0 radical (unpaired) electrons. The lowest BCUT2D eigenvalue weighted by molar-refractivity contribution is -0.120. The number of rotatable bonds is 6. The quantitative estimate of drug-likeness (QED) is 0.827. The van der Waals surface area contributed by atoms with E-state index in [0.717, 1.165) is 38.9 Å². The van der Waals surface area contributed by atoms with Crippen molar-refractivity contribution in [2.45, 2.75) is 44.8 Å². The van der Waals surface area contributed by atoms with Crippen LogP contribution in [0.1, 0.15) is 31.7 Å². The maximum Gasteiger partial charge on any atom is 0.234 e. The van der Waals surface area contributed by atoms with Crippen LogP contribution in [0.15, 0.2) is 30.3 Å². The zero-order valence-electron chi connectivity index (χ0n) is 12.2. The van der Waals surface area contributed by atoms with Crippen LogP contribution in [-0.2, 0) is 11.3 Å². The highest BCUT2D eigenvalue weighted by Gasteiger charge is 2.23. The minimum atomic E-state index is -0.237. The summed E-state index contributed by atoms with van der Waals surface area (Å²) in [6.45, 7) is 5.15. The van der Waals surface area contributed by atoms with E-state index in [4.69, 9.17) is 5.73 Å². The molecule has 2 rings (SSSR count). The van der Waals surface area contributed by atoms with Crippen LogP contribution >= 0.6 is 0 Å². The SMILES string of the molecule is CCC(NC1CCN(Cc2ccccc2)CC1)C(N)=O. The van der Waals surface area contributed by atoms with E-state index >= 15 is 0 Å². The molecule has 110 valence electrons. The van der Waals surface area contributed by atoms with Gasteiger partial charge in [0.1, 0.15) is 0 Å². The van der Waals surface area contributed by atoms with E-state index in [9.17, 15) is 4.79 Å². The molecular formula is C16H25N3O. The number of nitrogens with zero attached hydrogens (tertiary/aromatic N) is 1. The van der Waals surface area contributed by atoms with Crippen LogP contribution < -0.4 is 11.1 Å². The summed E-state index contributed by atoms with van der Waals surface area (Å²) in [7, 11) is 0. The zero-order valence-corrected chi connectivity index (χ0v) is 12.2. The first-order valence-electron chi connectivity index (χ1n) is 7.50. The second kappa shape index (κ2) is 7.41. The van der Waals surface area contributed by atoms with Crippen molar-refractivity contribution in [3.63, 3.8) is 0 Å². The van der Waals surface area contributed by atoms with Crippen LogP contribution in [0.3, 0.4) is 0 Å². The van der Waals surface area contributed by atoms with Gasteiger partial charge in [0.15, 0.2) is 0 Å². The molecule has 3 N–H and O–H groups in total. The number of nitrogens with two attached hydrogens (primary N) is 1. The monoisotopic (exact) mass is 275 g/mol. The fraction of sp³-hybridized carbons (Fsp3) is 0.562. The lowest BCUT2D eigenvalue weighted by Gasteiger charge is -2.33. The van der Waals surface area contributed by atoms with Crippen LogP contribution in [0.5, 0.6) is 0 Å². The van der Waals surface area contributed by atoms with Gasteiger partial charge in [-0.1, -0.05) is 37.3 Å². The summed E-state index contributed by atoms with van der Waals surface area (Å²) in [5.41, 5.74) is 6.75. The summed E-state index contributed by atoms with van der Waals surface area (Å²) in [6.07, 6.45) is 2.92. The third kappa shape index (κ3) is 4.32. The second-order valence-electron chi connectivity index (χ2n) is 5.57. The maximum absolute atomic E-state index is 11.3. The fourth-order valence-corrected chi connectivity index (χ4v) is 2.79. The van der Waals surface area contributed by atoms with Crippen molar-refractivity contribution >= 4 is 5.91 Å². The van der Waals surface area contributed by atoms with Crippen LogP contribution in [-0.4, -0.2) is 36.0 Å². The summed E-state index contributed by atoms with van der Waals surface area (Å²) < 4.78 is 0. The molecule has 1 fully saturated rings. The van der Waals surface area contributed by atoms with Crippen molar-refractivity contribution in [1.82, 2.24) is 10.2 Å². The van der Waals surface area contributed by atoms with E-state index in [0.29, 0.717) is 6.04 Å². The van der Waals surface area contributed by atoms with Crippen molar-refractivity contribution in [3.05, 3.63) is 35.9 Å². The molecule has 0 aromatic heterocycles. The van der Waals surface area contributed by atoms with Gasteiger partial charge in [-0.25, -0.2) is 0 Å². The molecule has 1 saturated heterocycles. The third-order valence-corrected chi connectivity index (χ3v) is 4.03. The molecule has 20 heavy (non-hydrogen) atoms. The van der Waals surface area contributed by atoms with E-state index < -0.39 is 0 Å². The van der Waals surface area contributed by atoms with E-state index in [1.54, 1.807) is 0 Å². The lowest BCUT2D eigenvalue weighted by Crippen LogP contribution is -2.50. The molecular weight excluding hydrogens is 250 g/mol. The number of likely N-dealkylation sites (tertiary alicyclic amines) is 1. The first kappa shape index (κ1) is 15.0. The fourth-order valence-electron chi connectivity index (χ4n) is 2.79. The number of nitrogens with one attached hydrogen (secondary N) is 1. The van der Waals surface area contributed by atoms with Gasteiger partial charge < -0.3 is 11.1 Å². The van der Waals surface area contributed by atoms with Crippen LogP contribution in [0.25, 0.3) is 0 Å². The Hall–Kier alpha value is -1.39. The standard InChI is InChI=1S/C16H25N3O/c1-2-15(16(17)20)18-14-8-10-19(11-9-14)12-13-6-4-3-5-7-13/h3-7,14-15,18H,2,8-12H2,1H3,(H2,17,20). The minimum absolute atomic E-state index is 0.180. The highest BCUT2D eigenvalue weighted by molar-refractivity contribution is 5.79. The Balaban J connectivity index is 1.76. The number of benzene rings is 1. The molecule has 4 heteroatoms. The predicted octanol–water partition coefficient (Wildman–Crippen LogP) is 1.50. The van der Waals surface area contributed by atoms with E-state index in [2.05, 4.69) is 34.5 Å². The average molecular weight is 275 g/mol. The average Bonchev–Trinajstić information content (AvgIpc) is 2.47. The highest BCUT2D eigenvalue weighted by Crippen LogP contribution is 2.14. The van der Waals surface area contributed by atoms with Crippen molar-refractivity contribution < 1.29 is 4.79 Å². The molecule has 1 heterocycles. The van der Waals surface area contributed by atoms with E-state index in [1.165, 1.54) is 5.56 Å². The molecule has 1 aromatic carbocycles.